The van der Waals surface area contributed by atoms with Crippen LogP contribution in [0.2, 0.25) is 0 Å². The van der Waals surface area contributed by atoms with E-state index >= 15 is 0 Å². The minimum absolute atomic E-state index is 0.00920. The summed E-state index contributed by atoms with van der Waals surface area (Å²) in [5.74, 6) is -0.440. The third kappa shape index (κ3) is 3.68. The zero-order valence-electron chi connectivity index (χ0n) is 16.0. The zero-order valence-corrected chi connectivity index (χ0v) is 16.0. The summed E-state index contributed by atoms with van der Waals surface area (Å²) in [6.07, 6.45) is -7.19. The van der Waals surface area contributed by atoms with Crippen molar-refractivity contribution in [3.05, 3.63) is 47.5 Å². The van der Waals surface area contributed by atoms with E-state index < -0.39 is 36.8 Å². The number of ketones is 1. The van der Waals surface area contributed by atoms with Gasteiger partial charge in [-0.05, 0) is 24.6 Å². The molecule has 0 saturated carbocycles. The molecule has 9 heteroatoms. The van der Waals surface area contributed by atoms with E-state index in [1.807, 2.05) is 0 Å². The Hall–Kier alpha value is -2.85. The number of fused-ring (bicyclic) bond motifs is 1. The molecule has 30 heavy (non-hydrogen) atoms. The molecule has 0 spiro atoms. The van der Waals surface area contributed by atoms with Crippen molar-refractivity contribution in [2.45, 2.75) is 50.2 Å². The summed E-state index contributed by atoms with van der Waals surface area (Å²) < 4.78 is 16.9. The van der Waals surface area contributed by atoms with Gasteiger partial charge in [0, 0.05) is 12.1 Å². The first-order valence-electron chi connectivity index (χ1n) is 9.46. The molecule has 0 aliphatic carbocycles. The van der Waals surface area contributed by atoms with E-state index in [0.717, 1.165) is 0 Å². The van der Waals surface area contributed by atoms with E-state index in [1.54, 1.807) is 12.1 Å². The molecular formula is C21H22O9. The fourth-order valence-corrected chi connectivity index (χ4v) is 3.61. The fourth-order valence-electron chi connectivity index (χ4n) is 3.61. The highest BCUT2D eigenvalue weighted by molar-refractivity contribution is 6.02. The number of hydrogen-bond donors (Lipinski definition) is 5. The van der Waals surface area contributed by atoms with Crippen LogP contribution in [0.15, 0.2) is 36.4 Å². The molecule has 6 atom stereocenters. The number of benzene rings is 2. The molecule has 2 heterocycles. The van der Waals surface area contributed by atoms with Crippen LogP contribution < -0.4 is 9.47 Å². The molecule has 9 nitrogen and oxygen atoms in total. The quantitative estimate of drug-likeness (QED) is 0.493. The Bertz CT molecular complexity index is 942. The van der Waals surface area contributed by atoms with Gasteiger partial charge in [-0.25, -0.2) is 0 Å². The summed E-state index contributed by atoms with van der Waals surface area (Å²) in [6, 6.07) is 8.72. The average Bonchev–Trinajstić information content (AvgIpc) is 2.70. The lowest BCUT2D eigenvalue weighted by molar-refractivity contribution is -0.268. The molecule has 5 N–H and O–H groups in total. The first kappa shape index (κ1) is 20.4. The Labute approximate surface area is 171 Å². The van der Waals surface area contributed by atoms with Crippen LogP contribution >= 0.6 is 0 Å². The normalized spacial score (nSPS) is 31.0. The third-order valence-corrected chi connectivity index (χ3v) is 5.29. The smallest absolute Gasteiger partial charge is 0.229 e. The SMILES string of the molecule is CC1OC(Oc2cc(O)cc3c2C(=O)CC(c2ccc(O)cc2)O3)C(O)C(O)C1O. The Morgan fingerprint density at radius 1 is 0.967 bits per heavy atom. The highest BCUT2D eigenvalue weighted by Gasteiger charge is 2.44. The van der Waals surface area contributed by atoms with Crippen molar-refractivity contribution in [1.82, 2.24) is 0 Å². The van der Waals surface area contributed by atoms with Gasteiger partial charge in [-0.3, -0.25) is 4.79 Å². The number of phenolic OH excluding ortho intramolecular Hbond substituents is 2. The van der Waals surface area contributed by atoms with Gasteiger partial charge in [0.2, 0.25) is 6.29 Å². The number of aliphatic hydroxyl groups is 3. The van der Waals surface area contributed by atoms with Crippen molar-refractivity contribution in [1.29, 1.82) is 0 Å². The number of Topliss-reactive ketones (excluding diaryl/α,β-unsaturated/α-hetero) is 1. The number of rotatable bonds is 3. The first-order chi connectivity index (χ1) is 14.2. The number of aliphatic hydroxyl groups excluding tert-OH is 3. The second kappa shape index (κ2) is 7.77. The van der Waals surface area contributed by atoms with E-state index in [1.165, 1.54) is 31.2 Å². The number of aromatic hydroxyl groups is 2. The van der Waals surface area contributed by atoms with Gasteiger partial charge >= 0.3 is 0 Å². The maximum absolute atomic E-state index is 12.9. The van der Waals surface area contributed by atoms with E-state index in [4.69, 9.17) is 14.2 Å². The Morgan fingerprint density at radius 3 is 2.37 bits per heavy atom. The second-order valence-corrected chi connectivity index (χ2v) is 7.44. The van der Waals surface area contributed by atoms with Crippen LogP contribution in [0, 0.1) is 0 Å². The number of carbonyl (C=O) groups is 1. The van der Waals surface area contributed by atoms with E-state index in [9.17, 15) is 30.3 Å². The zero-order chi connectivity index (χ0) is 21.6. The molecule has 1 saturated heterocycles. The molecule has 160 valence electrons. The summed E-state index contributed by atoms with van der Waals surface area (Å²) in [4.78, 5) is 12.9. The van der Waals surface area contributed by atoms with Gasteiger partial charge in [0.25, 0.3) is 0 Å². The van der Waals surface area contributed by atoms with Crippen molar-refractivity contribution in [3.8, 4) is 23.0 Å². The summed E-state index contributed by atoms with van der Waals surface area (Å²) in [5, 5.41) is 49.5. The first-order valence-corrected chi connectivity index (χ1v) is 9.46. The molecule has 2 aromatic rings. The predicted octanol–water partition coefficient (Wildman–Crippen LogP) is 1.01. The van der Waals surface area contributed by atoms with E-state index in [2.05, 4.69) is 0 Å². The number of ether oxygens (including phenoxy) is 3. The number of hydrogen-bond acceptors (Lipinski definition) is 9. The topological polar surface area (TPSA) is 146 Å². The van der Waals surface area contributed by atoms with Crippen molar-refractivity contribution < 1.29 is 44.5 Å². The third-order valence-electron chi connectivity index (χ3n) is 5.29. The molecule has 2 aliphatic heterocycles. The molecule has 6 unspecified atom stereocenters. The number of phenols is 2. The molecule has 0 bridgehead atoms. The minimum Gasteiger partial charge on any atom is -0.508 e. The minimum atomic E-state index is -1.57. The maximum Gasteiger partial charge on any atom is 0.229 e. The van der Waals surface area contributed by atoms with Gasteiger partial charge < -0.3 is 39.7 Å². The maximum atomic E-state index is 12.9. The van der Waals surface area contributed by atoms with Gasteiger partial charge in [-0.2, -0.15) is 0 Å². The van der Waals surface area contributed by atoms with Crippen LogP contribution in [0.3, 0.4) is 0 Å². The average molecular weight is 418 g/mol. The Balaban J connectivity index is 1.63. The highest BCUT2D eigenvalue weighted by Crippen LogP contribution is 2.43. The van der Waals surface area contributed by atoms with Crippen LogP contribution in [0.25, 0.3) is 0 Å². The highest BCUT2D eigenvalue weighted by atomic mass is 16.7. The van der Waals surface area contributed by atoms with Crippen LogP contribution in [0.1, 0.15) is 35.4 Å². The standard InChI is InChI=1S/C21H22O9/c1-9-18(25)19(26)20(27)21(28-9)30-16-7-12(23)6-15-17(16)13(24)8-14(29-15)10-2-4-11(22)5-3-10/h2-7,9,14,18-23,25-27H,8H2,1H3. The monoisotopic (exact) mass is 418 g/mol. The molecule has 2 aromatic carbocycles. The van der Waals surface area contributed by atoms with Crippen LogP contribution in [-0.4, -0.2) is 62.0 Å². The summed E-state index contributed by atoms with van der Waals surface area (Å²) in [7, 11) is 0. The van der Waals surface area contributed by atoms with Gasteiger partial charge in [0.05, 0.1) is 12.5 Å². The predicted molar refractivity (Wildman–Crippen MR) is 102 cm³/mol. The fraction of sp³-hybridized carbons (Fsp3) is 0.381. The van der Waals surface area contributed by atoms with E-state index in [0.29, 0.717) is 5.56 Å². The van der Waals surface area contributed by atoms with Gasteiger partial charge in [-0.15, -0.1) is 0 Å². The van der Waals surface area contributed by atoms with Gasteiger partial charge in [0.15, 0.2) is 5.78 Å². The van der Waals surface area contributed by atoms with Crippen molar-refractivity contribution in [2.75, 3.05) is 0 Å². The summed E-state index contributed by atoms with van der Waals surface area (Å²) in [6.45, 7) is 1.50. The van der Waals surface area contributed by atoms with Crippen molar-refractivity contribution in [2.24, 2.45) is 0 Å². The lowest BCUT2D eigenvalue weighted by Crippen LogP contribution is -2.58. The second-order valence-electron chi connectivity index (χ2n) is 7.44. The largest absolute Gasteiger partial charge is 0.508 e. The lowest BCUT2D eigenvalue weighted by Gasteiger charge is -2.39. The Kier molecular flexibility index (Phi) is 5.29. The molecule has 0 aromatic heterocycles. The van der Waals surface area contributed by atoms with Gasteiger partial charge in [0.1, 0.15) is 53.0 Å². The summed E-state index contributed by atoms with van der Waals surface area (Å²) >= 11 is 0. The lowest BCUT2D eigenvalue weighted by atomic mass is 9.95. The molecule has 0 radical (unpaired) electrons. The van der Waals surface area contributed by atoms with Gasteiger partial charge in [-0.1, -0.05) is 12.1 Å². The molecular weight excluding hydrogens is 396 g/mol. The Morgan fingerprint density at radius 2 is 1.67 bits per heavy atom. The molecule has 2 aliphatic rings. The van der Waals surface area contributed by atoms with Crippen molar-refractivity contribution >= 4 is 5.78 Å². The van der Waals surface area contributed by atoms with Crippen LogP contribution in [-0.2, 0) is 4.74 Å². The number of carbonyl (C=O) groups excluding carboxylic acids is 1. The molecule has 0 amide bonds. The molecule has 4 rings (SSSR count). The molecule has 1 fully saturated rings. The van der Waals surface area contributed by atoms with Crippen LogP contribution in [0.5, 0.6) is 23.0 Å². The van der Waals surface area contributed by atoms with E-state index in [-0.39, 0.29) is 40.8 Å². The van der Waals surface area contributed by atoms with Crippen molar-refractivity contribution in [3.63, 3.8) is 0 Å². The van der Waals surface area contributed by atoms with Crippen LogP contribution in [0.4, 0.5) is 0 Å². The summed E-state index contributed by atoms with van der Waals surface area (Å²) in [5.41, 5.74) is 0.751.